The van der Waals surface area contributed by atoms with Gasteiger partial charge in [0.05, 0.1) is 5.56 Å². The zero-order valence-corrected chi connectivity index (χ0v) is 21.0. The van der Waals surface area contributed by atoms with Crippen molar-refractivity contribution in [1.29, 1.82) is 0 Å². The number of hydrogen-bond donors (Lipinski definition) is 1. The van der Waals surface area contributed by atoms with E-state index in [1.54, 1.807) is 0 Å². The van der Waals surface area contributed by atoms with Crippen LogP contribution in [-0.4, -0.2) is 42.9 Å². The number of piperidine rings is 2. The molecule has 0 atom stereocenters. The lowest BCUT2D eigenvalue weighted by Crippen LogP contribution is -2.40. The van der Waals surface area contributed by atoms with Crippen molar-refractivity contribution >= 4 is 23.2 Å². The third kappa shape index (κ3) is 5.71. The fourth-order valence-corrected chi connectivity index (χ4v) is 5.68. The molecule has 1 aliphatic carbocycles. The van der Waals surface area contributed by atoms with Crippen LogP contribution >= 0.6 is 0 Å². The molecule has 0 bridgehead atoms. The van der Waals surface area contributed by atoms with Crippen LogP contribution in [0.1, 0.15) is 67.8 Å². The minimum atomic E-state index is 0.0934. The van der Waals surface area contributed by atoms with Crippen molar-refractivity contribution < 1.29 is 9.59 Å². The van der Waals surface area contributed by atoms with Crippen molar-refractivity contribution in [3.63, 3.8) is 0 Å². The smallest absolute Gasteiger partial charge is 0.256 e. The molecule has 186 valence electrons. The molecule has 0 radical (unpaired) electrons. The van der Waals surface area contributed by atoms with Crippen molar-refractivity contribution in [2.75, 3.05) is 36.4 Å². The Hall–Kier alpha value is -2.82. The molecule has 5 heteroatoms. The molecule has 1 N–H and O–H groups in total. The molecule has 0 aromatic heterocycles. The molecule has 5 rings (SSSR count). The molecular formula is C30H39N3O2. The third-order valence-corrected chi connectivity index (χ3v) is 8.36. The molecule has 0 spiro atoms. The van der Waals surface area contributed by atoms with E-state index in [0.29, 0.717) is 11.8 Å². The molecule has 2 aromatic carbocycles. The second kappa shape index (κ2) is 10.8. The highest BCUT2D eigenvalue weighted by molar-refractivity contribution is 6.02. The second-order valence-corrected chi connectivity index (χ2v) is 10.9. The van der Waals surface area contributed by atoms with E-state index in [1.165, 1.54) is 5.56 Å². The Labute approximate surface area is 209 Å². The molecule has 2 aromatic rings. The number of benzene rings is 2. The molecule has 2 heterocycles. The van der Waals surface area contributed by atoms with Gasteiger partial charge < -0.3 is 15.1 Å². The van der Waals surface area contributed by atoms with Crippen molar-refractivity contribution in [2.45, 2.75) is 58.3 Å². The van der Waals surface area contributed by atoms with E-state index in [-0.39, 0.29) is 17.7 Å². The van der Waals surface area contributed by atoms with E-state index in [2.05, 4.69) is 53.5 Å². The Morgan fingerprint density at radius 1 is 0.886 bits per heavy atom. The SMILES string of the molecule is CC1CCN(C(=O)c2cc(NC(=O)C3CCC3)ccc2N2CCC(Cc3ccccc3)CC2)CC1. The highest BCUT2D eigenvalue weighted by atomic mass is 16.2. The maximum atomic E-state index is 13.7. The fraction of sp³-hybridized carbons (Fsp3) is 0.533. The minimum absolute atomic E-state index is 0.0934. The molecule has 2 aliphatic heterocycles. The number of nitrogens with one attached hydrogen (secondary N) is 1. The van der Waals surface area contributed by atoms with Gasteiger partial charge in [-0.1, -0.05) is 43.7 Å². The van der Waals surface area contributed by atoms with Gasteiger partial charge in [-0.05, 0) is 80.5 Å². The van der Waals surface area contributed by atoms with E-state index in [4.69, 9.17) is 0 Å². The number of rotatable bonds is 6. The van der Waals surface area contributed by atoms with Crippen LogP contribution < -0.4 is 10.2 Å². The van der Waals surface area contributed by atoms with Crippen LogP contribution in [0.3, 0.4) is 0 Å². The van der Waals surface area contributed by atoms with Crippen LogP contribution in [0.5, 0.6) is 0 Å². The first-order valence-electron chi connectivity index (χ1n) is 13.6. The maximum Gasteiger partial charge on any atom is 0.256 e. The quantitative estimate of drug-likeness (QED) is 0.581. The third-order valence-electron chi connectivity index (χ3n) is 8.36. The predicted molar refractivity (Wildman–Crippen MR) is 142 cm³/mol. The molecule has 1 saturated carbocycles. The van der Waals surface area contributed by atoms with Gasteiger partial charge in [-0.15, -0.1) is 0 Å². The van der Waals surface area contributed by atoms with Gasteiger partial charge in [-0.25, -0.2) is 0 Å². The van der Waals surface area contributed by atoms with Crippen LogP contribution in [-0.2, 0) is 11.2 Å². The second-order valence-electron chi connectivity index (χ2n) is 10.9. The molecule has 2 saturated heterocycles. The molecule has 3 aliphatic rings. The van der Waals surface area contributed by atoms with E-state index in [1.807, 2.05) is 17.0 Å². The summed E-state index contributed by atoms with van der Waals surface area (Å²) in [4.78, 5) is 30.7. The average molecular weight is 474 g/mol. The topological polar surface area (TPSA) is 52.7 Å². The molecular weight excluding hydrogens is 434 g/mol. The Morgan fingerprint density at radius 3 is 2.26 bits per heavy atom. The monoisotopic (exact) mass is 473 g/mol. The van der Waals surface area contributed by atoms with E-state index >= 15 is 0 Å². The molecule has 35 heavy (non-hydrogen) atoms. The lowest BCUT2D eigenvalue weighted by molar-refractivity contribution is -0.122. The van der Waals surface area contributed by atoms with Crippen molar-refractivity contribution in [3.05, 3.63) is 59.7 Å². The summed E-state index contributed by atoms with van der Waals surface area (Å²) < 4.78 is 0. The van der Waals surface area contributed by atoms with E-state index in [0.717, 1.165) is 94.5 Å². The Balaban J connectivity index is 1.32. The highest BCUT2D eigenvalue weighted by Gasteiger charge is 2.29. The van der Waals surface area contributed by atoms with E-state index in [9.17, 15) is 9.59 Å². The van der Waals surface area contributed by atoms with Crippen LogP contribution in [0.4, 0.5) is 11.4 Å². The molecule has 2 amide bonds. The summed E-state index contributed by atoms with van der Waals surface area (Å²) in [5.74, 6) is 1.68. The standard InChI is InChI=1S/C30H39N3O2/c1-22-12-16-33(17-13-22)30(35)27-21-26(31-29(34)25-8-5-9-25)10-11-28(27)32-18-14-24(15-19-32)20-23-6-3-2-4-7-23/h2-4,6-7,10-11,21-22,24-25H,5,8-9,12-20H2,1H3,(H,31,34). The zero-order chi connectivity index (χ0) is 24.2. The van der Waals surface area contributed by atoms with Gasteiger partial charge in [0.1, 0.15) is 0 Å². The largest absolute Gasteiger partial charge is 0.371 e. The lowest BCUT2D eigenvalue weighted by atomic mass is 9.85. The van der Waals surface area contributed by atoms with E-state index < -0.39 is 0 Å². The van der Waals surface area contributed by atoms with Crippen molar-refractivity contribution in [3.8, 4) is 0 Å². The average Bonchev–Trinajstić information content (AvgIpc) is 2.84. The number of likely N-dealkylation sites (tertiary alicyclic amines) is 1. The van der Waals surface area contributed by atoms with Gasteiger partial charge in [-0.2, -0.15) is 0 Å². The highest BCUT2D eigenvalue weighted by Crippen LogP contribution is 2.33. The van der Waals surface area contributed by atoms with Gasteiger partial charge in [0.15, 0.2) is 0 Å². The summed E-state index contributed by atoms with van der Waals surface area (Å²) in [6.07, 6.45) is 8.58. The van der Waals surface area contributed by atoms with Crippen molar-refractivity contribution in [2.24, 2.45) is 17.8 Å². The first-order chi connectivity index (χ1) is 17.1. The Morgan fingerprint density at radius 2 is 1.60 bits per heavy atom. The number of amides is 2. The number of anilines is 2. The summed E-state index contributed by atoms with van der Waals surface area (Å²) in [6, 6.07) is 16.7. The number of carbonyl (C=O) groups excluding carboxylic acids is 2. The van der Waals surface area contributed by atoms with Crippen LogP contribution in [0.2, 0.25) is 0 Å². The first kappa shape index (κ1) is 23.9. The van der Waals surface area contributed by atoms with Gasteiger partial charge in [0.2, 0.25) is 5.91 Å². The van der Waals surface area contributed by atoms with Gasteiger partial charge in [0, 0.05) is 43.5 Å². The summed E-state index contributed by atoms with van der Waals surface area (Å²) in [7, 11) is 0. The summed E-state index contributed by atoms with van der Waals surface area (Å²) in [5.41, 5.74) is 3.92. The van der Waals surface area contributed by atoms with Gasteiger partial charge >= 0.3 is 0 Å². The first-order valence-corrected chi connectivity index (χ1v) is 13.6. The zero-order valence-electron chi connectivity index (χ0n) is 21.0. The Kier molecular flexibility index (Phi) is 7.40. The minimum Gasteiger partial charge on any atom is -0.371 e. The molecule has 5 nitrogen and oxygen atoms in total. The molecule has 0 unspecified atom stereocenters. The summed E-state index contributed by atoms with van der Waals surface area (Å²) in [5, 5.41) is 3.09. The van der Waals surface area contributed by atoms with Gasteiger partial charge in [0.25, 0.3) is 5.91 Å². The van der Waals surface area contributed by atoms with Crippen LogP contribution in [0, 0.1) is 17.8 Å². The van der Waals surface area contributed by atoms with Crippen LogP contribution in [0.25, 0.3) is 0 Å². The van der Waals surface area contributed by atoms with Crippen molar-refractivity contribution in [1.82, 2.24) is 4.90 Å². The lowest BCUT2D eigenvalue weighted by Gasteiger charge is -2.36. The number of carbonyl (C=O) groups is 2. The number of hydrogen-bond acceptors (Lipinski definition) is 3. The Bertz CT molecular complexity index is 1020. The number of nitrogens with zero attached hydrogens (tertiary/aromatic N) is 2. The molecule has 3 fully saturated rings. The van der Waals surface area contributed by atoms with Gasteiger partial charge in [-0.3, -0.25) is 9.59 Å². The predicted octanol–water partition coefficient (Wildman–Crippen LogP) is 5.76. The normalized spacial score (nSPS) is 19.9. The fourth-order valence-electron chi connectivity index (χ4n) is 5.68. The van der Waals surface area contributed by atoms with Crippen LogP contribution in [0.15, 0.2) is 48.5 Å². The summed E-state index contributed by atoms with van der Waals surface area (Å²) in [6.45, 7) is 5.82. The summed E-state index contributed by atoms with van der Waals surface area (Å²) >= 11 is 0. The maximum absolute atomic E-state index is 13.7.